The summed E-state index contributed by atoms with van der Waals surface area (Å²) in [7, 11) is 3.64. The van der Waals surface area contributed by atoms with Gasteiger partial charge in [-0.25, -0.2) is 4.98 Å². The molecular formula is C16H20N2O2S. The summed E-state index contributed by atoms with van der Waals surface area (Å²) in [5, 5.41) is 0.864. The molecule has 4 nitrogen and oxygen atoms in total. The first-order chi connectivity index (χ1) is 10.0. The summed E-state index contributed by atoms with van der Waals surface area (Å²) in [5.74, 6) is 1.09. The lowest BCUT2D eigenvalue weighted by Crippen LogP contribution is -2.16. The Kier molecular flexibility index (Phi) is 4.96. The van der Waals surface area contributed by atoms with Crippen LogP contribution in [0.4, 0.5) is 5.13 Å². The van der Waals surface area contributed by atoms with Crippen LogP contribution in [0, 0.1) is 0 Å². The predicted octanol–water partition coefficient (Wildman–Crippen LogP) is 3.72. The lowest BCUT2D eigenvalue weighted by Gasteiger charge is -2.16. The monoisotopic (exact) mass is 304 g/mol. The second-order valence-corrected chi connectivity index (χ2v) is 6.24. The Hall–Kier alpha value is -1.88. The summed E-state index contributed by atoms with van der Waals surface area (Å²) in [6.45, 7) is 4.82. The Balaban J connectivity index is 2.19. The molecule has 1 aromatic heterocycles. The Morgan fingerprint density at radius 3 is 2.76 bits per heavy atom. The zero-order valence-electron chi connectivity index (χ0n) is 12.8. The van der Waals surface area contributed by atoms with Gasteiger partial charge in [-0.1, -0.05) is 37.3 Å². The van der Waals surface area contributed by atoms with Gasteiger partial charge in [-0.2, -0.15) is 0 Å². The number of aldehydes is 1. The Labute approximate surface area is 129 Å². The van der Waals surface area contributed by atoms with Crippen molar-refractivity contribution in [3.63, 3.8) is 0 Å². The van der Waals surface area contributed by atoms with Crippen LogP contribution in [0.5, 0.6) is 5.75 Å². The molecule has 0 amide bonds. The molecule has 0 aliphatic rings. The number of benzene rings is 1. The van der Waals surface area contributed by atoms with Crippen LogP contribution in [-0.2, 0) is 6.54 Å². The third-order valence-corrected chi connectivity index (χ3v) is 4.31. The molecule has 0 unspecified atom stereocenters. The van der Waals surface area contributed by atoms with Crippen molar-refractivity contribution in [3.05, 3.63) is 40.4 Å². The maximum atomic E-state index is 11.1. The molecule has 0 atom stereocenters. The Morgan fingerprint density at radius 1 is 1.43 bits per heavy atom. The highest BCUT2D eigenvalue weighted by atomic mass is 32.1. The first kappa shape index (κ1) is 15.5. The average Bonchev–Trinajstić information content (AvgIpc) is 2.92. The standard InChI is InChI=1S/C16H20N2O2S/c1-11(2)15-14(10-19)21-16(17-15)18(3)9-12-6-5-7-13(8-12)20-4/h5-8,10-11H,9H2,1-4H3. The molecular weight excluding hydrogens is 284 g/mol. The summed E-state index contributed by atoms with van der Waals surface area (Å²) in [4.78, 5) is 18.5. The number of methoxy groups -OCH3 is 1. The van der Waals surface area contributed by atoms with Gasteiger partial charge in [0.25, 0.3) is 0 Å². The van der Waals surface area contributed by atoms with Crippen LogP contribution < -0.4 is 9.64 Å². The molecule has 0 aliphatic heterocycles. The molecule has 1 aromatic carbocycles. The number of anilines is 1. The van der Waals surface area contributed by atoms with Gasteiger partial charge in [0.1, 0.15) is 5.75 Å². The van der Waals surface area contributed by atoms with Crippen molar-refractivity contribution < 1.29 is 9.53 Å². The number of hydrogen-bond donors (Lipinski definition) is 0. The summed E-state index contributed by atoms with van der Waals surface area (Å²) >= 11 is 1.44. The molecule has 5 heteroatoms. The molecule has 0 N–H and O–H groups in total. The van der Waals surface area contributed by atoms with Crippen LogP contribution in [0.3, 0.4) is 0 Å². The van der Waals surface area contributed by atoms with Gasteiger partial charge in [0.15, 0.2) is 11.4 Å². The fourth-order valence-corrected chi connectivity index (χ4v) is 3.10. The summed E-state index contributed by atoms with van der Waals surface area (Å²) in [6, 6.07) is 7.96. The van der Waals surface area contributed by atoms with E-state index in [4.69, 9.17) is 4.74 Å². The van der Waals surface area contributed by atoms with Gasteiger partial charge in [0.2, 0.25) is 0 Å². The van der Waals surface area contributed by atoms with E-state index < -0.39 is 0 Å². The second-order valence-electron chi connectivity index (χ2n) is 5.23. The number of aromatic nitrogens is 1. The van der Waals surface area contributed by atoms with Crippen molar-refractivity contribution in [2.24, 2.45) is 0 Å². The molecule has 0 fully saturated rings. The molecule has 0 radical (unpaired) electrons. The van der Waals surface area contributed by atoms with E-state index in [1.807, 2.05) is 39.1 Å². The van der Waals surface area contributed by atoms with E-state index in [0.29, 0.717) is 0 Å². The van der Waals surface area contributed by atoms with E-state index in [0.717, 1.165) is 39.8 Å². The molecule has 0 spiro atoms. The van der Waals surface area contributed by atoms with Crippen molar-refractivity contribution >= 4 is 22.8 Å². The fraction of sp³-hybridized carbons (Fsp3) is 0.375. The van der Waals surface area contributed by atoms with Gasteiger partial charge in [0.05, 0.1) is 17.7 Å². The molecule has 0 saturated carbocycles. The topological polar surface area (TPSA) is 42.4 Å². The minimum Gasteiger partial charge on any atom is -0.497 e. The Bertz CT molecular complexity index is 622. The summed E-state index contributed by atoms with van der Waals surface area (Å²) in [5.41, 5.74) is 2.02. The third-order valence-electron chi connectivity index (χ3n) is 3.20. The summed E-state index contributed by atoms with van der Waals surface area (Å²) < 4.78 is 5.24. The highest BCUT2D eigenvalue weighted by molar-refractivity contribution is 7.17. The van der Waals surface area contributed by atoms with Crippen LogP contribution in [0.25, 0.3) is 0 Å². The number of carbonyl (C=O) groups excluding carboxylic acids is 1. The fourth-order valence-electron chi connectivity index (χ4n) is 2.11. The molecule has 0 aliphatic carbocycles. The van der Waals surface area contributed by atoms with Crippen molar-refractivity contribution in [1.29, 1.82) is 0 Å². The smallest absolute Gasteiger partial charge is 0.186 e. The highest BCUT2D eigenvalue weighted by Crippen LogP contribution is 2.29. The number of rotatable bonds is 6. The van der Waals surface area contributed by atoms with E-state index >= 15 is 0 Å². The minimum absolute atomic E-state index is 0.250. The van der Waals surface area contributed by atoms with E-state index in [1.165, 1.54) is 11.3 Å². The maximum Gasteiger partial charge on any atom is 0.186 e. The van der Waals surface area contributed by atoms with Crippen LogP contribution in [0.2, 0.25) is 0 Å². The molecule has 2 rings (SSSR count). The Morgan fingerprint density at radius 2 is 2.19 bits per heavy atom. The average molecular weight is 304 g/mol. The largest absolute Gasteiger partial charge is 0.497 e. The van der Waals surface area contributed by atoms with Gasteiger partial charge in [-0.05, 0) is 23.6 Å². The molecule has 21 heavy (non-hydrogen) atoms. The SMILES string of the molecule is COc1cccc(CN(C)c2nc(C(C)C)c(C=O)s2)c1. The zero-order valence-corrected chi connectivity index (χ0v) is 13.6. The number of thiazole rings is 1. The molecule has 0 saturated heterocycles. The van der Waals surface area contributed by atoms with Gasteiger partial charge in [-0.3, -0.25) is 4.79 Å². The van der Waals surface area contributed by atoms with Crippen molar-refractivity contribution in [1.82, 2.24) is 4.98 Å². The third kappa shape index (κ3) is 3.61. The van der Waals surface area contributed by atoms with Crippen LogP contribution in [-0.4, -0.2) is 25.4 Å². The van der Waals surface area contributed by atoms with Gasteiger partial charge in [0, 0.05) is 13.6 Å². The van der Waals surface area contributed by atoms with Crippen molar-refractivity contribution in [2.75, 3.05) is 19.1 Å². The van der Waals surface area contributed by atoms with Crippen LogP contribution in [0.15, 0.2) is 24.3 Å². The minimum atomic E-state index is 0.250. The number of hydrogen-bond acceptors (Lipinski definition) is 5. The predicted molar refractivity (Wildman–Crippen MR) is 86.7 cm³/mol. The van der Waals surface area contributed by atoms with Gasteiger partial charge >= 0.3 is 0 Å². The zero-order chi connectivity index (χ0) is 15.4. The number of nitrogens with zero attached hydrogens (tertiary/aromatic N) is 2. The van der Waals surface area contributed by atoms with Crippen molar-refractivity contribution in [2.45, 2.75) is 26.3 Å². The van der Waals surface area contributed by atoms with Crippen LogP contribution in [0.1, 0.15) is 40.7 Å². The van der Waals surface area contributed by atoms with E-state index in [9.17, 15) is 4.79 Å². The quantitative estimate of drug-likeness (QED) is 0.763. The van der Waals surface area contributed by atoms with Gasteiger partial charge in [-0.15, -0.1) is 0 Å². The van der Waals surface area contributed by atoms with E-state index in [2.05, 4.69) is 16.0 Å². The lowest BCUT2D eigenvalue weighted by molar-refractivity contribution is 0.112. The maximum absolute atomic E-state index is 11.1. The number of ether oxygens (including phenoxy) is 1. The first-order valence-corrected chi connectivity index (χ1v) is 7.66. The normalized spacial score (nSPS) is 10.7. The van der Waals surface area contributed by atoms with Crippen LogP contribution >= 0.6 is 11.3 Å². The first-order valence-electron chi connectivity index (χ1n) is 6.85. The molecule has 0 bridgehead atoms. The second kappa shape index (κ2) is 6.72. The molecule has 2 aromatic rings. The van der Waals surface area contributed by atoms with Gasteiger partial charge < -0.3 is 9.64 Å². The van der Waals surface area contributed by atoms with E-state index in [-0.39, 0.29) is 5.92 Å². The molecule has 112 valence electrons. The summed E-state index contributed by atoms with van der Waals surface area (Å²) in [6.07, 6.45) is 0.899. The lowest BCUT2D eigenvalue weighted by atomic mass is 10.1. The highest BCUT2D eigenvalue weighted by Gasteiger charge is 2.16. The molecule has 1 heterocycles. The van der Waals surface area contributed by atoms with Crippen molar-refractivity contribution in [3.8, 4) is 5.75 Å². The van der Waals surface area contributed by atoms with E-state index in [1.54, 1.807) is 7.11 Å². The number of carbonyl (C=O) groups is 1.